The van der Waals surface area contributed by atoms with E-state index in [4.69, 9.17) is 4.74 Å². The number of carboxylic acids is 1. The Kier molecular flexibility index (Phi) is 6.20. The first-order valence-electron chi connectivity index (χ1n) is 8.86. The molecule has 0 N–H and O–H groups in total. The van der Waals surface area contributed by atoms with Crippen LogP contribution < -0.4 is 9.84 Å². The number of non-ortho nitro benzene ring substituents is 1. The van der Waals surface area contributed by atoms with E-state index in [1.165, 1.54) is 30.3 Å². The van der Waals surface area contributed by atoms with Crippen LogP contribution in [0.15, 0.2) is 72.8 Å². The van der Waals surface area contributed by atoms with E-state index in [0.717, 1.165) is 5.56 Å². The van der Waals surface area contributed by atoms with E-state index in [-0.39, 0.29) is 17.9 Å². The second-order valence-electron chi connectivity index (χ2n) is 6.32. The molecule has 0 bridgehead atoms. The summed E-state index contributed by atoms with van der Waals surface area (Å²) in [6.45, 7) is 0.188. The van der Waals surface area contributed by atoms with Crippen molar-refractivity contribution in [3.8, 4) is 11.8 Å². The molecule has 0 radical (unpaired) electrons. The highest BCUT2D eigenvalue weighted by molar-refractivity contribution is 5.90. The molecule has 0 saturated heterocycles. The van der Waals surface area contributed by atoms with Crippen LogP contribution in [0.25, 0.3) is 11.6 Å². The minimum Gasteiger partial charge on any atom is -0.545 e. The number of allylic oxidation sites excluding steroid dienone is 1. The number of ether oxygens (including phenoxy) is 1. The zero-order chi connectivity index (χ0) is 21.5. The van der Waals surface area contributed by atoms with Gasteiger partial charge >= 0.3 is 0 Å². The molecular formula is C23H15N2O5-. The van der Waals surface area contributed by atoms with Crippen LogP contribution in [0, 0.1) is 21.4 Å². The molecule has 0 amide bonds. The number of benzene rings is 3. The summed E-state index contributed by atoms with van der Waals surface area (Å²) in [7, 11) is 0. The summed E-state index contributed by atoms with van der Waals surface area (Å²) in [4.78, 5) is 21.3. The highest BCUT2D eigenvalue weighted by Crippen LogP contribution is 2.23. The van der Waals surface area contributed by atoms with Gasteiger partial charge in [-0.3, -0.25) is 10.1 Å². The average Bonchev–Trinajstić information content (AvgIpc) is 2.77. The number of nitro groups is 1. The second-order valence-corrected chi connectivity index (χ2v) is 6.32. The van der Waals surface area contributed by atoms with E-state index in [9.17, 15) is 25.3 Å². The highest BCUT2D eigenvalue weighted by atomic mass is 16.6. The minimum atomic E-state index is -1.25. The summed E-state index contributed by atoms with van der Waals surface area (Å²) in [5, 5.41) is 31.3. The van der Waals surface area contributed by atoms with Crippen LogP contribution in [-0.4, -0.2) is 10.9 Å². The van der Waals surface area contributed by atoms with Crippen LogP contribution in [0.2, 0.25) is 0 Å². The van der Waals surface area contributed by atoms with Crippen molar-refractivity contribution >= 4 is 23.3 Å². The standard InChI is InChI=1S/C23H16N2O5/c24-14-20(18-4-2-6-21(13-18)25(28)29)11-16-7-9-22(10-8-16)30-15-17-3-1-5-19(12-17)23(26)27/h1-13H,15H2,(H,26,27)/p-1/b20-11+. The maximum atomic E-state index is 10.9. The third kappa shape index (κ3) is 5.09. The molecule has 0 unspecified atom stereocenters. The van der Waals surface area contributed by atoms with Gasteiger partial charge in [-0.1, -0.05) is 42.5 Å². The molecule has 3 aromatic rings. The van der Waals surface area contributed by atoms with Gasteiger partial charge in [0.1, 0.15) is 12.4 Å². The molecule has 0 heterocycles. The molecule has 0 spiro atoms. The van der Waals surface area contributed by atoms with Gasteiger partial charge in [0.15, 0.2) is 0 Å². The Labute approximate surface area is 172 Å². The van der Waals surface area contributed by atoms with Gasteiger partial charge in [-0.05, 0) is 46.5 Å². The number of nitrogens with zero attached hydrogens (tertiary/aromatic N) is 2. The number of nitriles is 1. The van der Waals surface area contributed by atoms with Gasteiger partial charge in [-0.25, -0.2) is 0 Å². The fourth-order valence-electron chi connectivity index (χ4n) is 2.75. The summed E-state index contributed by atoms with van der Waals surface area (Å²) >= 11 is 0. The van der Waals surface area contributed by atoms with Crippen LogP contribution in [0.3, 0.4) is 0 Å². The molecule has 0 fully saturated rings. The number of hydrogen-bond donors (Lipinski definition) is 0. The molecule has 7 nitrogen and oxygen atoms in total. The number of carboxylic acid groups (broad SMARTS) is 1. The van der Waals surface area contributed by atoms with Gasteiger partial charge in [-0.15, -0.1) is 0 Å². The van der Waals surface area contributed by atoms with Crippen molar-refractivity contribution in [1.29, 1.82) is 5.26 Å². The average molecular weight is 399 g/mol. The van der Waals surface area contributed by atoms with E-state index in [0.29, 0.717) is 22.4 Å². The summed E-state index contributed by atoms with van der Waals surface area (Å²) in [6.07, 6.45) is 1.63. The number of rotatable bonds is 7. The highest BCUT2D eigenvalue weighted by Gasteiger charge is 2.09. The zero-order valence-corrected chi connectivity index (χ0v) is 15.6. The number of carbonyl (C=O) groups excluding carboxylic acids is 1. The predicted octanol–water partition coefficient (Wildman–Crippen LogP) is 3.60. The maximum absolute atomic E-state index is 10.9. The molecule has 0 atom stereocenters. The Morgan fingerprint density at radius 2 is 1.73 bits per heavy atom. The minimum absolute atomic E-state index is 0.0832. The smallest absolute Gasteiger partial charge is 0.270 e. The van der Waals surface area contributed by atoms with Gasteiger partial charge in [0.25, 0.3) is 5.69 Å². The van der Waals surface area contributed by atoms with Crippen LogP contribution in [0.1, 0.15) is 27.0 Å². The lowest BCUT2D eigenvalue weighted by Crippen LogP contribution is -2.22. The van der Waals surface area contributed by atoms with E-state index < -0.39 is 10.9 Å². The molecule has 30 heavy (non-hydrogen) atoms. The quantitative estimate of drug-likeness (QED) is 0.259. The summed E-state index contributed by atoms with van der Waals surface area (Å²) in [5.41, 5.74) is 2.18. The number of hydrogen-bond acceptors (Lipinski definition) is 6. The Morgan fingerprint density at radius 1 is 1.03 bits per heavy atom. The van der Waals surface area contributed by atoms with Crippen LogP contribution in [0.5, 0.6) is 5.75 Å². The van der Waals surface area contributed by atoms with Crippen molar-refractivity contribution in [2.45, 2.75) is 6.61 Å². The molecule has 7 heteroatoms. The summed E-state index contributed by atoms with van der Waals surface area (Å²) < 4.78 is 5.67. The van der Waals surface area contributed by atoms with E-state index >= 15 is 0 Å². The van der Waals surface area contributed by atoms with E-state index in [2.05, 4.69) is 6.07 Å². The molecule has 3 aromatic carbocycles. The van der Waals surface area contributed by atoms with Crippen LogP contribution in [-0.2, 0) is 6.61 Å². The molecular weight excluding hydrogens is 384 g/mol. The lowest BCUT2D eigenvalue weighted by Gasteiger charge is -2.09. The van der Waals surface area contributed by atoms with Crippen LogP contribution >= 0.6 is 0 Å². The fourth-order valence-corrected chi connectivity index (χ4v) is 2.75. The zero-order valence-electron chi connectivity index (χ0n) is 15.6. The van der Waals surface area contributed by atoms with Crippen molar-refractivity contribution < 1.29 is 19.6 Å². The topological polar surface area (TPSA) is 116 Å². The molecule has 0 saturated carbocycles. The van der Waals surface area contributed by atoms with Crippen molar-refractivity contribution in [2.24, 2.45) is 0 Å². The van der Waals surface area contributed by atoms with Crippen molar-refractivity contribution in [1.82, 2.24) is 0 Å². The van der Waals surface area contributed by atoms with Gasteiger partial charge in [0.2, 0.25) is 0 Å². The Morgan fingerprint density at radius 3 is 2.40 bits per heavy atom. The first kappa shape index (κ1) is 20.3. The van der Waals surface area contributed by atoms with Crippen molar-refractivity contribution in [2.75, 3.05) is 0 Å². The number of nitro benzene ring substituents is 1. The summed E-state index contributed by atoms with van der Waals surface area (Å²) in [6, 6.07) is 21.2. The monoisotopic (exact) mass is 399 g/mol. The molecule has 0 aliphatic heterocycles. The Balaban J connectivity index is 1.72. The third-order valence-corrected chi connectivity index (χ3v) is 4.25. The lowest BCUT2D eigenvalue weighted by atomic mass is 10.0. The van der Waals surface area contributed by atoms with E-state index in [1.807, 2.05) is 0 Å². The second kappa shape index (κ2) is 9.17. The predicted molar refractivity (Wildman–Crippen MR) is 108 cm³/mol. The van der Waals surface area contributed by atoms with Gasteiger partial charge in [0.05, 0.1) is 22.5 Å². The van der Waals surface area contributed by atoms with Crippen molar-refractivity contribution in [3.63, 3.8) is 0 Å². The number of aromatic carboxylic acids is 1. The molecule has 0 aliphatic carbocycles. The third-order valence-electron chi connectivity index (χ3n) is 4.25. The fraction of sp³-hybridized carbons (Fsp3) is 0.0435. The molecule has 148 valence electrons. The maximum Gasteiger partial charge on any atom is 0.270 e. The first-order valence-corrected chi connectivity index (χ1v) is 8.86. The van der Waals surface area contributed by atoms with Crippen molar-refractivity contribution in [3.05, 3.63) is 105 Å². The molecule has 3 rings (SSSR count). The van der Waals surface area contributed by atoms with Gasteiger partial charge in [0, 0.05) is 12.1 Å². The Bertz CT molecular complexity index is 1160. The summed E-state index contributed by atoms with van der Waals surface area (Å²) in [5.74, 6) is -0.676. The van der Waals surface area contributed by atoms with Gasteiger partial charge in [-0.2, -0.15) is 5.26 Å². The normalized spacial score (nSPS) is 10.8. The number of carbonyl (C=O) groups is 1. The largest absolute Gasteiger partial charge is 0.545 e. The molecule has 0 aliphatic rings. The van der Waals surface area contributed by atoms with Gasteiger partial charge < -0.3 is 14.6 Å². The molecule has 0 aromatic heterocycles. The Hall–Kier alpha value is -4.44. The first-order chi connectivity index (χ1) is 14.5. The van der Waals surface area contributed by atoms with Crippen LogP contribution in [0.4, 0.5) is 5.69 Å². The SMILES string of the molecule is N#C/C(=C\c1ccc(OCc2cccc(C(=O)[O-])c2)cc1)c1cccc([N+](=O)[O-])c1. The van der Waals surface area contributed by atoms with E-state index in [1.54, 1.807) is 48.5 Å². The lowest BCUT2D eigenvalue weighted by molar-refractivity contribution is -0.384.